The van der Waals surface area contributed by atoms with E-state index in [0.717, 1.165) is 16.8 Å². The molecule has 0 spiro atoms. The van der Waals surface area contributed by atoms with Crippen molar-refractivity contribution < 1.29 is 4.39 Å². The van der Waals surface area contributed by atoms with E-state index < -0.39 is 0 Å². The van der Waals surface area contributed by atoms with Crippen LogP contribution in [0.2, 0.25) is 0 Å². The van der Waals surface area contributed by atoms with Crippen molar-refractivity contribution >= 4 is 12.4 Å². The van der Waals surface area contributed by atoms with Gasteiger partial charge in [0.25, 0.3) is 0 Å². The Balaban J connectivity index is 0.00000128. The summed E-state index contributed by atoms with van der Waals surface area (Å²) < 4.78 is 14.7. The zero-order valence-corrected chi connectivity index (χ0v) is 9.67. The van der Waals surface area contributed by atoms with E-state index in [4.69, 9.17) is 5.73 Å². The Hall–Kier alpha value is -1.39. The average Bonchev–Trinajstić information content (AvgIpc) is 2.59. The second kappa shape index (κ2) is 5.09. The number of nitrogens with zero attached hydrogens (tertiary/aromatic N) is 2. The van der Waals surface area contributed by atoms with Gasteiger partial charge in [-0.25, -0.2) is 4.39 Å². The Labute approximate surface area is 99.5 Å². The number of halogens is 2. The van der Waals surface area contributed by atoms with E-state index in [0.29, 0.717) is 6.54 Å². The van der Waals surface area contributed by atoms with E-state index in [1.54, 1.807) is 16.9 Å². The van der Waals surface area contributed by atoms with Crippen LogP contribution in [0.25, 0.3) is 11.1 Å². The molecule has 1 aromatic heterocycles. The lowest BCUT2D eigenvalue weighted by Gasteiger charge is -2.03. The smallest absolute Gasteiger partial charge is 0.123 e. The van der Waals surface area contributed by atoms with Crippen molar-refractivity contribution in [2.75, 3.05) is 0 Å². The van der Waals surface area contributed by atoms with Crippen molar-refractivity contribution in [1.29, 1.82) is 0 Å². The minimum absolute atomic E-state index is 0. The molecule has 16 heavy (non-hydrogen) atoms. The Bertz CT molecular complexity index is 482. The van der Waals surface area contributed by atoms with Gasteiger partial charge in [-0.3, -0.25) is 4.68 Å². The quantitative estimate of drug-likeness (QED) is 0.875. The molecule has 0 aliphatic rings. The Morgan fingerprint density at radius 3 is 2.81 bits per heavy atom. The summed E-state index contributed by atoms with van der Waals surface area (Å²) in [6, 6.07) is 6.43. The number of nitrogens with two attached hydrogens (primary N) is 1. The maximum atomic E-state index is 13.0. The molecule has 0 unspecified atom stereocenters. The molecule has 0 amide bonds. The van der Waals surface area contributed by atoms with E-state index >= 15 is 0 Å². The standard InChI is InChI=1S/C11H12FN3.ClH/c1-15-11(6-13)10(7-14-15)8-3-2-4-9(12)5-8;/h2-5,7H,6,13H2,1H3;1H. The van der Waals surface area contributed by atoms with Crippen molar-refractivity contribution in [2.24, 2.45) is 12.8 Å². The number of benzene rings is 1. The molecule has 5 heteroatoms. The molecule has 2 aromatic rings. The third kappa shape index (κ3) is 2.23. The first-order valence-electron chi connectivity index (χ1n) is 4.69. The molecule has 2 rings (SSSR count). The molecule has 0 aliphatic heterocycles. The van der Waals surface area contributed by atoms with Crippen molar-refractivity contribution in [3.63, 3.8) is 0 Å². The lowest BCUT2D eigenvalue weighted by molar-refractivity contribution is 0.628. The maximum Gasteiger partial charge on any atom is 0.123 e. The van der Waals surface area contributed by atoms with Gasteiger partial charge >= 0.3 is 0 Å². The fourth-order valence-electron chi connectivity index (χ4n) is 1.60. The first-order chi connectivity index (χ1) is 7.22. The van der Waals surface area contributed by atoms with Crippen LogP contribution < -0.4 is 5.73 Å². The molecule has 0 bridgehead atoms. The maximum absolute atomic E-state index is 13.0. The third-order valence-electron chi connectivity index (χ3n) is 2.39. The summed E-state index contributed by atoms with van der Waals surface area (Å²) in [4.78, 5) is 0. The van der Waals surface area contributed by atoms with Crippen LogP contribution >= 0.6 is 12.4 Å². The SMILES string of the molecule is Cl.Cn1ncc(-c2cccc(F)c2)c1CN. The van der Waals surface area contributed by atoms with Gasteiger partial charge in [0.2, 0.25) is 0 Å². The van der Waals surface area contributed by atoms with Crippen molar-refractivity contribution in [3.05, 3.63) is 42.0 Å². The lowest BCUT2D eigenvalue weighted by atomic mass is 10.1. The second-order valence-corrected chi connectivity index (χ2v) is 3.34. The van der Waals surface area contributed by atoms with Crippen molar-refractivity contribution in [3.8, 4) is 11.1 Å². The van der Waals surface area contributed by atoms with E-state index in [1.165, 1.54) is 12.1 Å². The number of hydrogen-bond acceptors (Lipinski definition) is 2. The van der Waals surface area contributed by atoms with E-state index in [-0.39, 0.29) is 18.2 Å². The van der Waals surface area contributed by atoms with Gasteiger partial charge in [-0.15, -0.1) is 12.4 Å². The number of aryl methyl sites for hydroxylation is 1. The fraction of sp³-hybridized carbons (Fsp3) is 0.182. The summed E-state index contributed by atoms with van der Waals surface area (Å²) in [5.74, 6) is -0.251. The first kappa shape index (κ1) is 12.7. The molecule has 86 valence electrons. The fourth-order valence-corrected chi connectivity index (χ4v) is 1.60. The van der Waals surface area contributed by atoms with E-state index in [1.807, 2.05) is 13.1 Å². The Morgan fingerprint density at radius 2 is 2.19 bits per heavy atom. The van der Waals surface area contributed by atoms with Gasteiger partial charge in [0.05, 0.1) is 11.9 Å². The molecule has 0 saturated heterocycles. The molecule has 2 N–H and O–H groups in total. The normalized spacial score (nSPS) is 9.94. The molecule has 1 heterocycles. The largest absolute Gasteiger partial charge is 0.325 e. The van der Waals surface area contributed by atoms with Gasteiger partial charge in [0.1, 0.15) is 5.82 Å². The summed E-state index contributed by atoms with van der Waals surface area (Å²) >= 11 is 0. The molecule has 0 atom stereocenters. The highest BCUT2D eigenvalue weighted by molar-refractivity contribution is 5.85. The molecule has 1 aromatic carbocycles. The van der Waals surface area contributed by atoms with Gasteiger partial charge < -0.3 is 5.73 Å². The summed E-state index contributed by atoms with van der Waals surface area (Å²) in [6.07, 6.45) is 1.71. The van der Waals surface area contributed by atoms with Crippen LogP contribution in [0.15, 0.2) is 30.5 Å². The van der Waals surface area contributed by atoms with E-state index in [9.17, 15) is 4.39 Å². The second-order valence-electron chi connectivity index (χ2n) is 3.34. The summed E-state index contributed by atoms with van der Waals surface area (Å²) in [5.41, 5.74) is 8.22. The molecule has 0 aliphatic carbocycles. The van der Waals surface area contributed by atoms with Gasteiger partial charge in [-0.2, -0.15) is 5.10 Å². The third-order valence-corrected chi connectivity index (χ3v) is 2.39. The number of rotatable bonds is 2. The molecule has 0 radical (unpaired) electrons. The molecule has 0 saturated carbocycles. The van der Waals surface area contributed by atoms with Crippen molar-refractivity contribution in [2.45, 2.75) is 6.54 Å². The molecular formula is C11H13ClFN3. The number of hydrogen-bond donors (Lipinski definition) is 1. The lowest BCUT2D eigenvalue weighted by Crippen LogP contribution is -2.05. The Morgan fingerprint density at radius 1 is 1.44 bits per heavy atom. The van der Waals surface area contributed by atoms with Crippen LogP contribution in [-0.4, -0.2) is 9.78 Å². The van der Waals surface area contributed by atoms with Crippen LogP contribution in [0.5, 0.6) is 0 Å². The van der Waals surface area contributed by atoms with Gasteiger partial charge in [0.15, 0.2) is 0 Å². The molecule has 3 nitrogen and oxygen atoms in total. The number of aromatic nitrogens is 2. The Kier molecular flexibility index (Phi) is 4.04. The van der Waals surface area contributed by atoms with Gasteiger partial charge in [-0.1, -0.05) is 12.1 Å². The zero-order valence-electron chi connectivity index (χ0n) is 8.85. The van der Waals surface area contributed by atoms with Gasteiger partial charge in [-0.05, 0) is 17.7 Å². The van der Waals surface area contributed by atoms with Crippen molar-refractivity contribution in [1.82, 2.24) is 9.78 Å². The summed E-state index contributed by atoms with van der Waals surface area (Å²) in [7, 11) is 1.82. The highest BCUT2D eigenvalue weighted by atomic mass is 35.5. The highest BCUT2D eigenvalue weighted by Crippen LogP contribution is 2.23. The summed E-state index contributed by atoms with van der Waals surface area (Å²) in [6.45, 7) is 0.391. The topological polar surface area (TPSA) is 43.8 Å². The van der Waals surface area contributed by atoms with Crippen LogP contribution in [0.4, 0.5) is 4.39 Å². The average molecular weight is 242 g/mol. The van der Waals surface area contributed by atoms with Crippen LogP contribution in [0, 0.1) is 5.82 Å². The van der Waals surface area contributed by atoms with Crippen LogP contribution in [-0.2, 0) is 13.6 Å². The summed E-state index contributed by atoms with van der Waals surface area (Å²) in [5, 5.41) is 4.11. The van der Waals surface area contributed by atoms with Crippen LogP contribution in [0.3, 0.4) is 0 Å². The highest BCUT2D eigenvalue weighted by Gasteiger charge is 2.09. The first-order valence-corrected chi connectivity index (χ1v) is 4.69. The predicted octanol–water partition coefficient (Wildman–Crippen LogP) is 2.11. The molecular weight excluding hydrogens is 229 g/mol. The molecule has 0 fully saturated rings. The van der Waals surface area contributed by atoms with Gasteiger partial charge in [0, 0.05) is 19.2 Å². The zero-order chi connectivity index (χ0) is 10.8. The minimum atomic E-state index is -0.251. The minimum Gasteiger partial charge on any atom is -0.325 e. The van der Waals surface area contributed by atoms with E-state index in [2.05, 4.69) is 5.10 Å². The van der Waals surface area contributed by atoms with Crippen LogP contribution in [0.1, 0.15) is 5.69 Å². The predicted molar refractivity (Wildman–Crippen MR) is 63.7 cm³/mol. The monoisotopic (exact) mass is 241 g/mol.